The maximum Gasteiger partial charge on any atom is 0.305 e. The van der Waals surface area contributed by atoms with Crippen LogP contribution in [0.15, 0.2) is 40.6 Å². The molecule has 0 radical (unpaired) electrons. The molecule has 0 aliphatic heterocycles. The number of hydrogen-bond donors (Lipinski definition) is 2. The number of nitrogens with one attached hydrogen (secondary N) is 1. The molecule has 3 rings (SSSR count). The molecule has 1 heterocycles. The minimum absolute atomic E-state index is 0.0133. The lowest BCUT2D eigenvalue weighted by Crippen LogP contribution is -2.33. The van der Waals surface area contributed by atoms with Gasteiger partial charge in [0.25, 0.3) is 0 Å². The number of ether oxygens (including phenoxy) is 1. The van der Waals surface area contributed by atoms with E-state index in [2.05, 4.69) is 19.7 Å². The second-order valence-corrected chi connectivity index (χ2v) is 7.80. The summed E-state index contributed by atoms with van der Waals surface area (Å²) >= 11 is 0. The molecular formula is C21H25N3O4. The lowest BCUT2D eigenvalue weighted by atomic mass is 9.73. The molecule has 1 aromatic carbocycles. The maximum absolute atomic E-state index is 12.7. The molecule has 1 fully saturated rings. The molecule has 0 bridgehead atoms. The van der Waals surface area contributed by atoms with Crippen LogP contribution in [0.4, 0.5) is 0 Å². The van der Waals surface area contributed by atoms with E-state index in [1.165, 1.54) is 7.11 Å². The first-order valence-electron chi connectivity index (χ1n) is 9.28. The molecule has 2 aromatic rings. The number of aliphatic hydroxyl groups excluding tert-OH is 1. The summed E-state index contributed by atoms with van der Waals surface area (Å²) in [5.41, 5.74) is 2.34. The van der Waals surface area contributed by atoms with E-state index >= 15 is 0 Å². The smallest absolute Gasteiger partial charge is 0.305 e. The number of para-hydroxylation sites is 2. The zero-order valence-corrected chi connectivity index (χ0v) is 16.4. The Kier molecular flexibility index (Phi) is 5.63. The van der Waals surface area contributed by atoms with Crippen LogP contribution in [0.2, 0.25) is 0 Å². The third-order valence-electron chi connectivity index (χ3n) is 4.79. The fourth-order valence-electron chi connectivity index (χ4n) is 3.45. The van der Waals surface area contributed by atoms with Crippen LogP contribution >= 0.6 is 0 Å². The maximum atomic E-state index is 12.7. The highest BCUT2D eigenvalue weighted by molar-refractivity contribution is 6.24. The van der Waals surface area contributed by atoms with E-state index in [1.54, 1.807) is 0 Å². The molecule has 0 unspecified atom stereocenters. The minimum atomic E-state index is -0.434. The number of hydrogen-bond acceptors (Lipinski definition) is 6. The van der Waals surface area contributed by atoms with Gasteiger partial charge in [-0.1, -0.05) is 26.0 Å². The Bertz CT molecular complexity index is 936. The Morgan fingerprint density at radius 1 is 1.29 bits per heavy atom. The Labute approximate surface area is 163 Å². The number of allylic oxidation sites excluding steroid dienone is 2. The number of H-pyrrole nitrogens is 1. The Morgan fingerprint density at radius 2 is 2.04 bits per heavy atom. The summed E-state index contributed by atoms with van der Waals surface area (Å²) in [5.74, 6) is 0.00524. The van der Waals surface area contributed by atoms with Crippen molar-refractivity contribution in [3.8, 4) is 0 Å². The van der Waals surface area contributed by atoms with Crippen molar-refractivity contribution in [1.82, 2.24) is 9.97 Å². The second kappa shape index (κ2) is 7.96. The van der Waals surface area contributed by atoms with Gasteiger partial charge >= 0.3 is 5.97 Å². The third-order valence-corrected chi connectivity index (χ3v) is 4.79. The number of aromatic amines is 1. The number of fused-ring (bicyclic) bond motifs is 1. The first-order valence-corrected chi connectivity index (χ1v) is 9.28. The molecule has 0 saturated heterocycles. The monoisotopic (exact) mass is 383 g/mol. The Hall–Kier alpha value is -2.96. The molecule has 1 aliphatic carbocycles. The number of ketones is 1. The Balaban J connectivity index is 1.89. The van der Waals surface area contributed by atoms with Crippen LogP contribution in [0.5, 0.6) is 0 Å². The zero-order valence-electron chi connectivity index (χ0n) is 16.4. The summed E-state index contributed by atoms with van der Waals surface area (Å²) in [5, 5.41) is 10.5. The highest BCUT2D eigenvalue weighted by atomic mass is 16.5. The topological polar surface area (TPSA) is 105 Å². The van der Waals surface area contributed by atoms with Gasteiger partial charge in [-0.2, -0.15) is 0 Å². The summed E-state index contributed by atoms with van der Waals surface area (Å²) in [6.07, 6.45) is 0.960. The molecule has 7 heteroatoms. The van der Waals surface area contributed by atoms with Crippen molar-refractivity contribution in [2.45, 2.75) is 46.1 Å². The number of esters is 1. The van der Waals surface area contributed by atoms with Gasteiger partial charge in [-0.25, -0.2) is 4.98 Å². The highest BCUT2D eigenvalue weighted by Crippen LogP contribution is 2.36. The Morgan fingerprint density at radius 3 is 2.75 bits per heavy atom. The van der Waals surface area contributed by atoms with E-state index in [-0.39, 0.29) is 41.9 Å². The summed E-state index contributed by atoms with van der Waals surface area (Å²) in [4.78, 5) is 36.4. The van der Waals surface area contributed by atoms with E-state index in [9.17, 15) is 14.7 Å². The zero-order chi connectivity index (χ0) is 20.3. The normalized spacial score (nSPS) is 19.8. The fraction of sp³-hybridized carbons (Fsp3) is 0.429. The molecule has 1 saturated carbocycles. The molecule has 0 spiro atoms. The molecule has 2 N–H and O–H groups in total. The van der Waals surface area contributed by atoms with Crippen LogP contribution in [0.3, 0.4) is 0 Å². The minimum Gasteiger partial charge on any atom is -0.511 e. The van der Waals surface area contributed by atoms with Crippen LogP contribution in [0.1, 0.15) is 45.4 Å². The summed E-state index contributed by atoms with van der Waals surface area (Å²) in [7, 11) is 1.29. The number of rotatable bonds is 5. The summed E-state index contributed by atoms with van der Waals surface area (Å²) in [6, 6.07) is 7.70. The van der Waals surface area contributed by atoms with Crippen molar-refractivity contribution in [3.05, 3.63) is 41.4 Å². The van der Waals surface area contributed by atoms with Gasteiger partial charge in [0.2, 0.25) is 0 Å². The number of nitrogens with zero attached hydrogens (tertiary/aromatic N) is 2. The van der Waals surface area contributed by atoms with E-state index in [0.717, 1.165) is 11.0 Å². The number of carbonyl (C=O) groups is 2. The van der Waals surface area contributed by atoms with Crippen LogP contribution in [-0.2, 0) is 20.9 Å². The van der Waals surface area contributed by atoms with E-state index < -0.39 is 5.97 Å². The number of methoxy groups -OCH3 is 1. The number of aromatic nitrogens is 2. The molecule has 0 amide bonds. The van der Waals surface area contributed by atoms with Gasteiger partial charge in [0.05, 0.1) is 42.4 Å². The molecule has 28 heavy (non-hydrogen) atoms. The number of benzene rings is 1. The summed E-state index contributed by atoms with van der Waals surface area (Å²) < 4.78 is 4.61. The predicted molar refractivity (Wildman–Crippen MR) is 106 cm³/mol. The highest BCUT2D eigenvalue weighted by Gasteiger charge is 2.36. The first kappa shape index (κ1) is 19.8. The van der Waals surface area contributed by atoms with E-state index in [1.807, 2.05) is 38.1 Å². The number of aliphatic hydroxyl groups is 1. The SMILES string of the molecule is COC(=O)CC/C(O)=C1\C(=O)CC(C)(C)CC1=NCc1nc2ccccc2[nH]1. The van der Waals surface area contributed by atoms with Crippen molar-refractivity contribution in [2.75, 3.05) is 7.11 Å². The fourth-order valence-corrected chi connectivity index (χ4v) is 3.45. The number of aliphatic imine (C=N–C) groups is 1. The number of Topliss-reactive ketones (excluding diaryl/α,β-unsaturated/α-hetero) is 1. The van der Waals surface area contributed by atoms with Gasteiger partial charge < -0.3 is 14.8 Å². The second-order valence-electron chi connectivity index (χ2n) is 7.80. The molecule has 7 nitrogen and oxygen atoms in total. The van der Waals surface area contributed by atoms with E-state index in [4.69, 9.17) is 0 Å². The lowest BCUT2D eigenvalue weighted by Gasteiger charge is -2.31. The van der Waals surface area contributed by atoms with Crippen LogP contribution in [0, 0.1) is 5.41 Å². The standard InChI is InChI=1S/C21H25N3O4/c1-21(2)10-15(20(17(26)11-21)16(25)8-9-19(27)28-3)22-12-18-23-13-6-4-5-7-14(13)24-18/h4-7,25H,8-12H2,1-3H3,(H,23,24)/b20-16+,22-15?. The first-order chi connectivity index (χ1) is 13.3. The van der Waals surface area contributed by atoms with Crippen molar-refractivity contribution < 1.29 is 19.4 Å². The molecule has 1 aromatic heterocycles. The molecular weight excluding hydrogens is 358 g/mol. The average Bonchev–Trinajstić information content (AvgIpc) is 3.06. The van der Waals surface area contributed by atoms with Crippen molar-refractivity contribution in [2.24, 2.45) is 10.4 Å². The van der Waals surface area contributed by atoms with Gasteiger partial charge in [-0.3, -0.25) is 14.6 Å². The van der Waals surface area contributed by atoms with Crippen molar-refractivity contribution in [1.29, 1.82) is 0 Å². The van der Waals surface area contributed by atoms with E-state index in [0.29, 0.717) is 24.4 Å². The van der Waals surface area contributed by atoms with Gasteiger partial charge in [0.15, 0.2) is 5.78 Å². The van der Waals surface area contributed by atoms with Crippen molar-refractivity contribution in [3.63, 3.8) is 0 Å². The van der Waals surface area contributed by atoms with Gasteiger partial charge in [-0.05, 0) is 24.0 Å². The summed E-state index contributed by atoms with van der Waals surface area (Å²) in [6.45, 7) is 4.29. The average molecular weight is 383 g/mol. The molecule has 1 aliphatic rings. The van der Waals surface area contributed by atoms with Crippen LogP contribution < -0.4 is 0 Å². The molecule has 148 valence electrons. The van der Waals surface area contributed by atoms with Gasteiger partial charge in [0.1, 0.15) is 11.6 Å². The largest absolute Gasteiger partial charge is 0.511 e. The lowest BCUT2D eigenvalue weighted by molar-refractivity contribution is -0.140. The quantitative estimate of drug-likeness (QED) is 0.466. The van der Waals surface area contributed by atoms with Crippen molar-refractivity contribution >= 4 is 28.5 Å². The van der Waals surface area contributed by atoms with Gasteiger partial charge in [0, 0.05) is 12.8 Å². The van der Waals surface area contributed by atoms with Gasteiger partial charge in [-0.15, -0.1) is 0 Å². The van der Waals surface area contributed by atoms with Crippen LogP contribution in [0.25, 0.3) is 11.0 Å². The third kappa shape index (κ3) is 4.47. The number of imidazole rings is 1. The predicted octanol–water partition coefficient (Wildman–Crippen LogP) is 3.66. The molecule has 0 atom stereocenters. The number of carbonyl (C=O) groups excluding carboxylic acids is 2. The van der Waals surface area contributed by atoms with Crippen LogP contribution in [-0.4, -0.2) is 39.6 Å².